The summed E-state index contributed by atoms with van der Waals surface area (Å²) >= 11 is 0. The highest BCUT2D eigenvalue weighted by molar-refractivity contribution is 7.89. The topological polar surface area (TPSA) is 126 Å². The zero-order valence-corrected chi connectivity index (χ0v) is 24.4. The maximum Gasteiger partial charge on any atom is 0.407 e. The summed E-state index contributed by atoms with van der Waals surface area (Å²) in [6.45, 7) is 8.33. The van der Waals surface area contributed by atoms with Gasteiger partial charge in [0.25, 0.3) is 0 Å². The van der Waals surface area contributed by atoms with Gasteiger partial charge in [0.2, 0.25) is 15.9 Å². The highest BCUT2D eigenvalue weighted by Gasteiger charge is 2.45. The zero-order valence-electron chi connectivity index (χ0n) is 23.5. The van der Waals surface area contributed by atoms with Crippen LogP contribution < -0.4 is 15.1 Å². The predicted molar refractivity (Wildman–Crippen MR) is 151 cm³/mol. The van der Waals surface area contributed by atoms with Gasteiger partial charge < -0.3 is 25.1 Å². The molecule has 3 heterocycles. The van der Waals surface area contributed by atoms with Crippen LogP contribution in [-0.4, -0.2) is 85.5 Å². The molecule has 4 rings (SSSR count). The second kappa shape index (κ2) is 10.3. The Balaban J connectivity index is 1.70. The molecule has 39 heavy (non-hydrogen) atoms. The lowest BCUT2D eigenvalue weighted by atomic mass is 9.78. The molecule has 3 atom stereocenters. The van der Waals surface area contributed by atoms with Gasteiger partial charge in [-0.25, -0.2) is 22.5 Å². The van der Waals surface area contributed by atoms with E-state index in [1.807, 2.05) is 38.7 Å². The molecule has 0 aliphatic carbocycles. The van der Waals surface area contributed by atoms with Crippen molar-refractivity contribution in [1.82, 2.24) is 14.2 Å². The van der Waals surface area contributed by atoms with Crippen LogP contribution in [0.3, 0.4) is 0 Å². The molecule has 1 fully saturated rings. The summed E-state index contributed by atoms with van der Waals surface area (Å²) in [6.07, 6.45) is 0.212. The minimum absolute atomic E-state index is 0.0559. The first-order valence-electron chi connectivity index (χ1n) is 13.0. The largest absolute Gasteiger partial charge is 0.465 e. The number of carbonyl (C=O) groups excluding carboxylic acids is 1. The summed E-state index contributed by atoms with van der Waals surface area (Å²) in [5.74, 6) is 1.08. The molecule has 0 spiro atoms. The lowest BCUT2D eigenvalue weighted by Crippen LogP contribution is -2.61. The van der Waals surface area contributed by atoms with Crippen LogP contribution in [0.1, 0.15) is 40.5 Å². The third kappa shape index (κ3) is 5.40. The van der Waals surface area contributed by atoms with Crippen LogP contribution in [-0.2, 0) is 14.8 Å². The highest BCUT2D eigenvalue weighted by atomic mass is 32.2. The molecule has 11 nitrogen and oxygen atoms in total. The van der Waals surface area contributed by atoms with Gasteiger partial charge >= 0.3 is 6.09 Å². The Kier molecular flexibility index (Phi) is 7.56. The van der Waals surface area contributed by atoms with E-state index in [1.54, 1.807) is 42.3 Å². The number of pyridine rings is 1. The summed E-state index contributed by atoms with van der Waals surface area (Å²) in [5.41, 5.74) is 0.947. The SMILES string of the molecule is C[C@@H]1C(=O)N(C)c2ccc(Nc3cccc(S(=O)(=O)N(C)C)c3)nc2N1C1CCN(C(=O)O)C(C(C)(C)C)C1. The Morgan fingerprint density at radius 1 is 1.18 bits per heavy atom. The van der Waals surface area contributed by atoms with Crippen molar-refractivity contribution in [1.29, 1.82) is 0 Å². The molecule has 1 aromatic heterocycles. The predicted octanol–water partition coefficient (Wildman–Crippen LogP) is 3.80. The number of aromatic nitrogens is 1. The maximum absolute atomic E-state index is 13.2. The van der Waals surface area contributed by atoms with Gasteiger partial charge in [0, 0.05) is 45.5 Å². The summed E-state index contributed by atoms with van der Waals surface area (Å²) < 4.78 is 26.4. The molecule has 2 N–H and O–H groups in total. The van der Waals surface area contributed by atoms with Gasteiger partial charge in [0.1, 0.15) is 11.9 Å². The normalized spacial score (nSPS) is 22.2. The number of carbonyl (C=O) groups is 2. The molecule has 1 saturated heterocycles. The number of likely N-dealkylation sites (tertiary alicyclic amines) is 1. The Hall–Kier alpha value is -3.38. The Bertz CT molecular complexity index is 1370. The summed E-state index contributed by atoms with van der Waals surface area (Å²) in [7, 11) is 1.09. The number of hydrogen-bond donors (Lipinski definition) is 2. The number of likely N-dealkylation sites (N-methyl/N-ethyl adjacent to an activating group) is 1. The number of benzene rings is 1. The zero-order chi connectivity index (χ0) is 28.9. The standard InChI is InChI=1S/C27H38N6O5S/c1-17-25(34)31(7)21-11-12-23(28-18-9-8-10-20(15-18)39(37,38)30(5)6)29-24(21)33(17)19-13-14-32(26(35)36)22(16-19)27(2,3)4/h8-12,15,17,19,22H,13-14,16H2,1-7H3,(H,28,29)(H,35,36)/t17-,19?,22?/m1/s1. The number of carboxylic acid groups (broad SMARTS) is 1. The minimum atomic E-state index is -3.60. The van der Waals surface area contributed by atoms with Crippen molar-refractivity contribution in [3.8, 4) is 0 Å². The van der Waals surface area contributed by atoms with Crippen LogP contribution in [0.4, 0.5) is 27.8 Å². The van der Waals surface area contributed by atoms with E-state index in [0.29, 0.717) is 42.4 Å². The first-order chi connectivity index (χ1) is 18.1. The van der Waals surface area contributed by atoms with E-state index in [0.717, 1.165) is 4.31 Å². The number of anilines is 4. The number of nitrogens with zero attached hydrogens (tertiary/aromatic N) is 5. The van der Waals surface area contributed by atoms with Crippen LogP contribution in [0.15, 0.2) is 41.3 Å². The van der Waals surface area contributed by atoms with Crippen LogP contribution in [0.25, 0.3) is 0 Å². The number of fused-ring (bicyclic) bond motifs is 1. The number of hydrogen-bond acceptors (Lipinski definition) is 7. The molecule has 2 unspecified atom stereocenters. The van der Waals surface area contributed by atoms with Gasteiger partial charge in [-0.15, -0.1) is 0 Å². The molecule has 2 aromatic rings. The molecule has 212 valence electrons. The average Bonchev–Trinajstić information content (AvgIpc) is 2.87. The van der Waals surface area contributed by atoms with Gasteiger partial charge in [-0.1, -0.05) is 26.8 Å². The quantitative estimate of drug-likeness (QED) is 0.568. The number of rotatable bonds is 5. The van der Waals surface area contributed by atoms with E-state index in [2.05, 4.69) is 5.32 Å². The maximum atomic E-state index is 13.2. The molecular formula is C27H38N6O5S. The fourth-order valence-electron chi connectivity index (χ4n) is 5.50. The molecule has 12 heteroatoms. The van der Waals surface area contributed by atoms with Crippen molar-refractivity contribution < 1.29 is 23.1 Å². The van der Waals surface area contributed by atoms with Crippen LogP contribution in [0, 0.1) is 5.41 Å². The summed E-state index contributed by atoms with van der Waals surface area (Å²) in [6, 6.07) is 9.32. The van der Waals surface area contributed by atoms with Crippen LogP contribution in [0.5, 0.6) is 0 Å². The molecule has 0 bridgehead atoms. The van der Waals surface area contributed by atoms with Gasteiger partial charge in [0.15, 0.2) is 5.82 Å². The Morgan fingerprint density at radius 2 is 1.87 bits per heavy atom. The van der Waals surface area contributed by atoms with Crippen molar-refractivity contribution in [2.45, 2.75) is 63.6 Å². The van der Waals surface area contributed by atoms with E-state index in [4.69, 9.17) is 4.98 Å². The van der Waals surface area contributed by atoms with E-state index >= 15 is 0 Å². The average molecular weight is 559 g/mol. The van der Waals surface area contributed by atoms with E-state index in [1.165, 1.54) is 19.0 Å². The van der Waals surface area contributed by atoms with E-state index in [-0.39, 0.29) is 28.3 Å². The molecular weight excluding hydrogens is 520 g/mol. The summed E-state index contributed by atoms with van der Waals surface area (Å²) in [4.78, 5) is 35.4. The highest BCUT2D eigenvalue weighted by Crippen LogP contribution is 2.41. The third-order valence-corrected chi connectivity index (χ3v) is 9.48. The van der Waals surface area contributed by atoms with Gasteiger partial charge in [-0.2, -0.15) is 0 Å². The number of piperidine rings is 1. The first kappa shape index (κ1) is 28.6. The smallest absolute Gasteiger partial charge is 0.407 e. The lowest BCUT2D eigenvalue weighted by molar-refractivity contribution is -0.119. The van der Waals surface area contributed by atoms with Crippen molar-refractivity contribution in [2.75, 3.05) is 42.8 Å². The number of sulfonamides is 1. The molecule has 1 aromatic carbocycles. The van der Waals surface area contributed by atoms with Crippen molar-refractivity contribution in [3.63, 3.8) is 0 Å². The van der Waals surface area contributed by atoms with Crippen molar-refractivity contribution in [2.24, 2.45) is 5.41 Å². The van der Waals surface area contributed by atoms with Crippen molar-refractivity contribution >= 4 is 45.0 Å². The fourth-order valence-corrected chi connectivity index (χ4v) is 6.44. The van der Waals surface area contributed by atoms with E-state index < -0.39 is 22.2 Å². The molecule has 2 aliphatic heterocycles. The van der Waals surface area contributed by atoms with E-state index in [9.17, 15) is 23.1 Å². The first-order valence-corrected chi connectivity index (χ1v) is 14.4. The Morgan fingerprint density at radius 3 is 2.49 bits per heavy atom. The van der Waals surface area contributed by atoms with Gasteiger partial charge in [-0.05, 0) is 55.5 Å². The lowest BCUT2D eigenvalue weighted by Gasteiger charge is -2.50. The van der Waals surface area contributed by atoms with Gasteiger partial charge in [0.05, 0.1) is 10.6 Å². The monoisotopic (exact) mass is 558 g/mol. The second-order valence-corrected chi connectivity index (χ2v) is 13.6. The fraction of sp³-hybridized carbons (Fsp3) is 0.519. The minimum Gasteiger partial charge on any atom is -0.465 e. The summed E-state index contributed by atoms with van der Waals surface area (Å²) in [5, 5.41) is 13.0. The second-order valence-electron chi connectivity index (χ2n) is 11.5. The number of amides is 2. The molecule has 0 saturated carbocycles. The molecule has 2 aliphatic rings. The van der Waals surface area contributed by atoms with Crippen LogP contribution in [0.2, 0.25) is 0 Å². The molecule has 0 radical (unpaired) electrons. The number of nitrogens with one attached hydrogen (secondary N) is 1. The third-order valence-electron chi connectivity index (χ3n) is 7.66. The van der Waals surface area contributed by atoms with Gasteiger partial charge in [-0.3, -0.25) is 4.79 Å². The van der Waals surface area contributed by atoms with Crippen molar-refractivity contribution in [3.05, 3.63) is 36.4 Å². The van der Waals surface area contributed by atoms with Crippen LogP contribution >= 0.6 is 0 Å². The molecule has 2 amide bonds. The Labute approximate surface area is 230 Å².